The van der Waals surface area contributed by atoms with E-state index in [4.69, 9.17) is 0 Å². The number of nitrogens with one attached hydrogen (secondary N) is 1. The van der Waals surface area contributed by atoms with Gasteiger partial charge in [-0.25, -0.2) is 0 Å². The van der Waals surface area contributed by atoms with Crippen molar-refractivity contribution in [1.82, 2.24) is 5.32 Å². The number of amides is 1. The summed E-state index contributed by atoms with van der Waals surface area (Å²) in [4.78, 5) is 11.0. The Balaban J connectivity index is 2.32. The van der Waals surface area contributed by atoms with Gasteiger partial charge in [-0.2, -0.15) is 0 Å². The molecule has 1 unspecified atom stereocenters. The summed E-state index contributed by atoms with van der Waals surface area (Å²) in [5.41, 5.74) is 2.28. The lowest BCUT2D eigenvalue weighted by atomic mass is 10.1. The topological polar surface area (TPSA) is 29.1 Å². The molecule has 0 heterocycles. The van der Waals surface area contributed by atoms with Crippen LogP contribution in [0.1, 0.15) is 30.9 Å². The highest BCUT2D eigenvalue weighted by Crippen LogP contribution is 2.15. The van der Waals surface area contributed by atoms with E-state index in [1.165, 1.54) is 11.6 Å². The van der Waals surface area contributed by atoms with Crippen LogP contribution in [-0.4, -0.2) is 30.7 Å². The molecule has 1 rings (SSSR count). The Hall–Kier alpha value is -1.68. The number of hydrogen-bond donors (Lipinski definition) is 1. The van der Waals surface area contributed by atoms with Gasteiger partial charge in [0.25, 0.3) is 0 Å². The first-order chi connectivity index (χ1) is 9.96. The zero-order chi connectivity index (χ0) is 15.7. The average molecular weight is 293 g/mol. The maximum absolute atomic E-state index is 14.4. The van der Waals surface area contributed by atoms with Gasteiger partial charge >= 0.3 is 0 Å². The first-order valence-corrected chi connectivity index (χ1v) is 7.49. The minimum absolute atomic E-state index is 0.177. The molecule has 1 atom stereocenters. The van der Waals surface area contributed by atoms with E-state index in [9.17, 15) is 9.28 Å². The van der Waals surface area contributed by atoms with Gasteiger partial charge in [0, 0.05) is 18.5 Å². The van der Waals surface area contributed by atoms with E-state index in [0.29, 0.717) is 19.6 Å². The highest BCUT2D eigenvalue weighted by atomic mass is 19.2. The van der Waals surface area contributed by atoms with Gasteiger partial charge in [0.15, 0.2) is 0 Å². The van der Waals surface area contributed by atoms with Crippen molar-refractivity contribution < 1.29 is 14.0 Å². The van der Waals surface area contributed by atoms with Gasteiger partial charge in [-0.3, -0.25) is 4.79 Å². The fourth-order valence-electron chi connectivity index (χ4n) is 2.19. The molecule has 1 aromatic rings. The zero-order valence-corrected chi connectivity index (χ0v) is 13.1. The number of carbonyl (C=O) groups excluding carboxylic acids is 1. The summed E-state index contributed by atoms with van der Waals surface area (Å²) in [6.45, 7) is 6.88. The van der Waals surface area contributed by atoms with Crippen molar-refractivity contribution in [2.75, 3.05) is 20.1 Å². The monoisotopic (exact) mass is 293 g/mol. The maximum Gasteiger partial charge on any atom is 0.243 e. The third kappa shape index (κ3) is 7.04. The van der Waals surface area contributed by atoms with Crippen LogP contribution in [0.15, 0.2) is 36.9 Å². The van der Waals surface area contributed by atoms with Crippen molar-refractivity contribution in [3.05, 3.63) is 48.0 Å². The minimum atomic E-state index is -0.527. The Labute approximate surface area is 127 Å². The Morgan fingerprint density at radius 2 is 1.90 bits per heavy atom. The third-order valence-corrected chi connectivity index (χ3v) is 3.48. The van der Waals surface area contributed by atoms with E-state index in [-0.39, 0.29) is 5.91 Å². The number of hydrogen-bond acceptors (Lipinski definition) is 1. The Morgan fingerprint density at radius 3 is 2.48 bits per heavy atom. The number of aryl methyl sites for hydroxylation is 1. The lowest BCUT2D eigenvalue weighted by Crippen LogP contribution is -2.35. The minimum Gasteiger partial charge on any atom is -0.353 e. The van der Waals surface area contributed by atoms with Crippen molar-refractivity contribution in [2.24, 2.45) is 0 Å². The largest absolute Gasteiger partial charge is 0.353 e. The van der Waals surface area contributed by atoms with Gasteiger partial charge in [0.05, 0.1) is 0 Å². The smallest absolute Gasteiger partial charge is 0.243 e. The second-order valence-corrected chi connectivity index (χ2v) is 5.52. The van der Waals surface area contributed by atoms with E-state index in [2.05, 4.69) is 31.0 Å². The van der Waals surface area contributed by atoms with Crippen LogP contribution in [0.5, 0.6) is 0 Å². The first kappa shape index (κ1) is 17.4. The number of unbranched alkanes of at least 4 members (excludes halogenated alkanes) is 1. The van der Waals surface area contributed by atoms with Crippen molar-refractivity contribution >= 4 is 5.91 Å². The molecule has 0 bridgehead atoms. The molecule has 0 aliphatic heterocycles. The van der Waals surface area contributed by atoms with E-state index in [0.717, 1.165) is 24.8 Å². The molecule has 0 aliphatic rings. The molecule has 3 nitrogen and oxygen atoms in total. The number of halogens is 1. The maximum atomic E-state index is 14.4. The van der Waals surface area contributed by atoms with Crippen molar-refractivity contribution in [3.8, 4) is 0 Å². The number of quaternary nitrogens is 1. The predicted octanol–water partition coefficient (Wildman–Crippen LogP) is 3.16. The summed E-state index contributed by atoms with van der Waals surface area (Å²) in [5, 5.41) is 2.69. The van der Waals surface area contributed by atoms with Crippen LogP contribution >= 0.6 is 0 Å². The summed E-state index contributed by atoms with van der Waals surface area (Å²) < 4.78 is 13.9. The van der Waals surface area contributed by atoms with Crippen LogP contribution < -0.4 is 5.32 Å². The normalized spacial score (nSPS) is 13.5. The molecule has 1 aromatic carbocycles. The van der Waals surface area contributed by atoms with Crippen molar-refractivity contribution in [3.63, 3.8) is 0 Å². The molecule has 1 amide bonds. The fourth-order valence-corrected chi connectivity index (χ4v) is 2.19. The molecule has 0 spiro atoms. The first-order valence-electron chi connectivity index (χ1n) is 7.49. The molecule has 116 valence electrons. The van der Waals surface area contributed by atoms with Crippen molar-refractivity contribution in [1.29, 1.82) is 0 Å². The molecular formula is C17H26FN2O+. The Morgan fingerprint density at radius 1 is 1.29 bits per heavy atom. The summed E-state index contributed by atoms with van der Waals surface area (Å²) in [6, 6.07) is 8.11. The fraction of sp³-hybridized carbons (Fsp3) is 0.471. The number of nitrogens with zero attached hydrogens (tertiary/aromatic N) is 1. The van der Waals surface area contributed by atoms with Gasteiger partial charge in [-0.15, -0.1) is 4.71 Å². The summed E-state index contributed by atoms with van der Waals surface area (Å²) in [5.74, 6) is -0.177. The Kier molecular flexibility index (Phi) is 7.09. The average Bonchev–Trinajstić information content (AvgIpc) is 2.47. The SMILES string of the molecule is C=CC(=O)NCCCC[N+](C)(F)Cc1ccc(CC)cc1. The van der Waals surface area contributed by atoms with Crippen LogP contribution in [0.4, 0.5) is 4.48 Å². The van der Waals surface area contributed by atoms with Gasteiger partial charge in [-0.1, -0.05) is 37.8 Å². The quantitative estimate of drug-likeness (QED) is 0.423. The summed E-state index contributed by atoms with van der Waals surface area (Å²) >= 11 is 0. The van der Waals surface area contributed by atoms with Crippen LogP contribution in [-0.2, 0) is 17.8 Å². The third-order valence-electron chi connectivity index (χ3n) is 3.48. The lowest BCUT2D eigenvalue weighted by Gasteiger charge is -2.21. The van der Waals surface area contributed by atoms with Gasteiger partial charge in [0.2, 0.25) is 5.91 Å². The van der Waals surface area contributed by atoms with E-state index in [1.54, 1.807) is 7.05 Å². The second-order valence-electron chi connectivity index (χ2n) is 5.52. The molecule has 4 heteroatoms. The molecule has 0 aromatic heterocycles. The van der Waals surface area contributed by atoms with E-state index < -0.39 is 4.71 Å². The molecule has 0 saturated heterocycles. The highest BCUT2D eigenvalue weighted by molar-refractivity contribution is 5.86. The predicted molar refractivity (Wildman–Crippen MR) is 84.1 cm³/mol. The molecule has 0 radical (unpaired) electrons. The summed E-state index contributed by atoms with van der Waals surface area (Å²) in [7, 11) is 1.59. The zero-order valence-electron chi connectivity index (χ0n) is 13.1. The standard InChI is InChI=1S/C17H25FN2O/c1-4-15-8-10-16(11-9-15)14-20(3,18)13-7-6-12-19-17(21)5-2/h5,8-11H,2,4,6-7,12-14H2,1,3H3/p+1. The van der Waals surface area contributed by atoms with E-state index >= 15 is 0 Å². The highest BCUT2D eigenvalue weighted by Gasteiger charge is 2.21. The van der Waals surface area contributed by atoms with Crippen LogP contribution in [0.25, 0.3) is 0 Å². The number of carbonyl (C=O) groups is 1. The molecule has 1 N–H and O–H groups in total. The Bertz CT molecular complexity index is 454. The van der Waals surface area contributed by atoms with Gasteiger partial charge in [0.1, 0.15) is 20.1 Å². The van der Waals surface area contributed by atoms with Crippen LogP contribution in [0, 0.1) is 0 Å². The van der Waals surface area contributed by atoms with Gasteiger partial charge < -0.3 is 5.32 Å². The van der Waals surface area contributed by atoms with Crippen LogP contribution in [0.2, 0.25) is 0 Å². The number of rotatable bonds is 9. The van der Waals surface area contributed by atoms with Crippen molar-refractivity contribution in [2.45, 2.75) is 32.7 Å². The number of benzene rings is 1. The van der Waals surface area contributed by atoms with Crippen LogP contribution in [0.3, 0.4) is 0 Å². The lowest BCUT2D eigenvalue weighted by molar-refractivity contribution is -1.05. The molecule has 0 aliphatic carbocycles. The summed E-state index contributed by atoms with van der Waals surface area (Å²) in [6.07, 6.45) is 3.75. The van der Waals surface area contributed by atoms with Gasteiger partial charge in [-0.05, 0) is 29.0 Å². The molecule has 21 heavy (non-hydrogen) atoms. The molecule has 0 saturated carbocycles. The second kappa shape index (κ2) is 8.57. The van der Waals surface area contributed by atoms with E-state index in [1.807, 2.05) is 12.1 Å². The molecular weight excluding hydrogens is 267 g/mol. The molecule has 0 fully saturated rings.